The van der Waals surface area contributed by atoms with Gasteiger partial charge in [-0.05, 0) is 97.3 Å². The van der Waals surface area contributed by atoms with Gasteiger partial charge in [-0.2, -0.15) is 23.4 Å². The van der Waals surface area contributed by atoms with E-state index in [1.54, 1.807) is 30.5 Å². The van der Waals surface area contributed by atoms with Crippen LogP contribution in [0.1, 0.15) is 46.3 Å². The number of alkyl halides is 3. The summed E-state index contributed by atoms with van der Waals surface area (Å²) in [4.78, 5) is 45.5. The Bertz CT molecular complexity index is 1870. The molecule has 0 radical (unpaired) electrons. The van der Waals surface area contributed by atoms with Crippen molar-refractivity contribution in [3.63, 3.8) is 0 Å². The number of amides is 2. The Morgan fingerprint density at radius 1 is 1.02 bits per heavy atom. The van der Waals surface area contributed by atoms with E-state index in [2.05, 4.69) is 44.1 Å². The number of fused-ring (bicyclic) bond motifs is 6. The Hall–Kier alpha value is -5.48. The maximum absolute atomic E-state index is 13.2. The van der Waals surface area contributed by atoms with Crippen molar-refractivity contribution in [1.82, 2.24) is 14.9 Å². The molecule has 2 aliphatic heterocycles. The summed E-state index contributed by atoms with van der Waals surface area (Å²) < 4.78 is 31.2. The summed E-state index contributed by atoms with van der Waals surface area (Å²) in [7, 11) is 0. The molecule has 2 aliphatic rings. The Morgan fingerprint density at radius 3 is 2.43 bits per heavy atom. The van der Waals surface area contributed by atoms with E-state index in [1.165, 1.54) is 0 Å². The fourth-order valence-electron chi connectivity index (χ4n) is 5.54. The molecule has 3 aromatic carbocycles. The highest BCUT2D eigenvalue weighted by Crippen LogP contribution is 2.30. The number of carbonyl (C=O) groups is 3. The molecule has 10 nitrogen and oxygen atoms in total. The highest BCUT2D eigenvalue weighted by Gasteiger charge is 2.26. The Morgan fingerprint density at radius 2 is 1.73 bits per heavy atom. The number of nitriles is 1. The van der Waals surface area contributed by atoms with Gasteiger partial charge in [-0.1, -0.05) is 23.7 Å². The molecule has 14 heteroatoms. The van der Waals surface area contributed by atoms with E-state index in [0.717, 1.165) is 53.9 Å². The number of hydrogen-bond acceptors (Lipinski definition) is 8. The molecule has 2 amide bonds. The first-order valence-corrected chi connectivity index (χ1v) is 15.8. The number of rotatable bonds is 4. The number of aromatic nitrogens is 2. The van der Waals surface area contributed by atoms with Gasteiger partial charge in [0, 0.05) is 42.1 Å². The molecule has 4 aromatic rings. The smallest absolute Gasteiger partial charge is 0.339 e. The minimum Gasteiger partial charge on any atom is -0.339 e. The third-order valence-corrected chi connectivity index (χ3v) is 8.30. The number of benzene rings is 3. The van der Waals surface area contributed by atoms with Gasteiger partial charge in [0.1, 0.15) is 5.02 Å². The molecule has 6 bridgehead atoms. The maximum atomic E-state index is 13.2. The van der Waals surface area contributed by atoms with Crippen molar-refractivity contribution in [3.8, 4) is 6.07 Å². The van der Waals surface area contributed by atoms with Gasteiger partial charge in [-0.25, -0.2) is 4.98 Å². The van der Waals surface area contributed by atoms with E-state index in [-0.39, 0.29) is 17.7 Å². The lowest BCUT2D eigenvalue weighted by Crippen LogP contribution is -2.39. The molecular weight excluding hydrogens is 659 g/mol. The van der Waals surface area contributed by atoms with Crippen LogP contribution >= 0.6 is 11.6 Å². The topological polar surface area (TPSA) is 140 Å². The van der Waals surface area contributed by atoms with Gasteiger partial charge >= 0.3 is 6.18 Å². The molecule has 3 heterocycles. The number of nitrogens with one attached hydrogen (secondary N) is 3. The van der Waals surface area contributed by atoms with Gasteiger partial charge in [0.05, 0.1) is 17.8 Å². The molecule has 0 atom stereocenters. The zero-order chi connectivity index (χ0) is 35.0. The van der Waals surface area contributed by atoms with Crippen LogP contribution in [0.5, 0.6) is 0 Å². The van der Waals surface area contributed by atoms with Crippen LogP contribution in [0.15, 0.2) is 72.9 Å². The van der Waals surface area contributed by atoms with Crippen LogP contribution in [0.4, 0.5) is 42.0 Å². The molecule has 0 unspecified atom stereocenters. The monoisotopic (exact) mass is 689 g/mol. The second kappa shape index (κ2) is 15.6. The van der Waals surface area contributed by atoms with Crippen molar-refractivity contribution in [2.24, 2.45) is 5.92 Å². The molecule has 49 heavy (non-hydrogen) atoms. The Kier molecular flexibility index (Phi) is 11.1. The summed E-state index contributed by atoms with van der Waals surface area (Å²) >= 11 is 6.39. The molecular formula is C35H31ClF3N7O3. The first-order chi connectivity index (χ1) is 23.5. The summed E-state index contributed by atoms with van der Waals surface area (Å²) in [6, 6.07) is 22.7. The molecule has 1 aromatic heterocycles. The van der Waals surface area contributed by atoms with E-state index in [0.29, 0.717) is 47.4 Å². The average Bonchev–Trinajstić information content (AvgIpc) is 3.10. The number of hydrogen-bond donors (Lipinski definition) is 3. The number of halogens is 4. The number of nitrogens with zero attached hydrogens (tertiary/aromatic N) is 4. The fourth-order valence-corrected chi connectivity index (χ4v) is 5.68. The summed E-state index contributed by atoms with van der Waals surface area (Å²) in [5.41, 5.74) is 5.73. The molecule has 252 valence electrons. The van der Waals surface area contributed by atoms with Crippen LogP contribution in [0.25, 0.3) is 0 Å². The normalized spacial score (nSPS) is 14.1. The molecule has 1 saturated heterocycles. The van der Waals surface area contributed by atoms with Crippen molar-refractivity contribution < 1.29 is 27.6 Å². The standard InChI is InChI=1S/C33H30ClN7O2.C2HF3O/c34-28-20-36-33-38-26-3-1-2-21(16-26)4-9-25-18-27(37-31(28)40-33)10-11-29(25)39-30(42)17-22-12-14-41(15-13-22)32(43)24-7-5-23(19-35)6-8-24;3-2(4,5)1-6/h1-3,5-8,10-11,16,18,20,22H,4,9,12-15,17H2,(H,39,42)(H2,36,37,38,40);1H. The molecule has 0 aliphatic carbocycles. The summed E-state index contributed by atoms with van der Waals surface area (Å²) in [6.07, 6.45) is -0.716. The van der Waals surface area contributed by atoms with Gasteiger partial charge in [-0.3, -0.25) is 14.4 Å². The summed E-state index contributed by atoms with van der Waals surface area (Å²) in [5, 5.41) is 19.1. The van der Waals surface area contributed by atoms with E-state index >= 15 is 0 Å². The zero-order valence-corrected chi connectivity index (χ0v) is 26.8. The van der Waals surface area contributed by atoms with Gasteiger partial charge in [0.25, 0.3) is 5.91 Å². The third-order valence-electron chi connectivity index (χ3n) is 8.02. The lowest BCUT2D eigenvalue weighted by molar-refractivity contribution is -0.156. The fraction of sp³-hybridized carbons (Fsp3) is 0.257. The summed E-state index contributed by atoms with van der Waals surface area (Å²) in [6.45, 7) is 1.20. The molecule has 6 rings (SSSR count). The Labute approximate surface area is 285 Å². The lowest BCUT2D eigenvalue weighted by Gasteiger charge is -2.32. The minimum absolute atomic E-state index is 0.0357. The van der Waals surface area contributed by atoms with Crippen molar-refractivity contribution in [3.05, 3.63) is 100 Å². The van der Waals surface area contributed by atoms with Crippen molar-refractivity contribution in [2.45, 2.75) is 38.3 Å². The first kappa shape index (κ1) is 34.8. The highest BCUT2D eigenvalue weighted by molar-refractivity contribution is 6.32. The maximum Gasteiger partial charge on any atom is 0.446 e. The van der Waals surface area contributed by atoms with Crippen LogP contribution in [-0.2, 0) is 22.4 Å². The largest absolute Gasteiger partial charge is 0.446 e. The predicted octanol–water partition coefficient (Wildman–Crippen LogP) is 7.22. The SMILES string of the molecule is N#Cc1ccc(C(=O)N2CCC(CC(=O)Nc3ccc4cc3CCc3cccc(c3)Nc3ncc(Cl)c(n3)N4)CC2)cc1.O=CC(F)(F)F. The van der Waals surface area contributed by atoms with Gasteiger partial charge in [0.15, 0.2) is 5.82 Å². The third kappa shape index (κ3) is 9.77. The predicted molar refractivity (Wildman–Crippen MR) is 179 cm³/mol. The lowest BCUT2D eigenvalue weighted by atomic mass is 9.92. The van der Waals surface area contributed by atoms with Crippen LogP contribution in [-0.4, -0.2) is 52.2 Å². The van der Waals surface area contributed by atoms with E-state index in [9.17, 15) is 22.8 Å². The summed E-state index contributed by atoms with van der Waals surface area (Å²) in [5.74, 6) is 1.05. The molecule has 3 N–H and O–H groups in total. The van der Waals surface area contributed by atoms with Crippen LogP contribution in [0.2, 0.25) is 5.02 Å². The van der Waals surface area contributed by atoms with Crippen molar-refractivity contribution >= 4 is 58.5 Å². The molecule has 1 fully saturated rings. The molecule has 0 spiro atoms. The van der Waals surface area contributed by atoms with Gasteiger partial charge in [0.2, 0.25) is 18.1 Å². The highest BCUT2D eigenvalue weighted by atomic mass is 35.5. The van der Waals surface area contributed by atoms with Crippen LogP contribution in [0.3, 0.4) is 0 Å². The average molecular weight is 690 g/mol. The Balaban J connectivity index is 0.000000717. The van der Waals surface area contributed by atoms with Crippen molar-refractivity contribution in [2.75, 3.05) is 29.0 Å². The van der Waals surface area contributed by atoms with Crippen LogP contribution < -0.4 is 16.0 Å². The number of likely N-dealkylation sites (tertiary alicyclic amines) is 1. The van der Waals surface area contributed by atoms with E-state index in [1.807, 2.05) is 35.2 Å². The van der Waals surface area contributed by atoms with Gasteiger partial charge < -0.3 is 20.9 Å². The van der Waals surface area contributed by atoms with Crippen molar-refractivity contribution in [1.29, 1.82) is 5.26 Å². The van der Waals surface area contributed by atoms with Gasteiger partial charge in [-0.15, -0.1) is 0 Å². The quantitative estimate of drug-likeness (QED) is 0.191. The molecule has 0 saturated carbocycles. The van der Waals surface area contributed by atoms with E-state index in [4.69, 9.17) is 21.7 Å². The number of anilines is 5. The second-order valence-electron chi connectivity index (χ2n) is 11.5. The zero-order valence-electron chi connectivity index (χ0n) is 26.1. The second-order valence-corrected chi connectivity index (χ2v) is 12.0. The van der Waals surface area contributed by atoms with E-state index < -0.39 is 12.5 Å². The number of piperidine rings is 1. The number of aldehydes is 1. The minimum atomic E-state index is -4.64. The first-order valence-electron chi connectivity index (χ1n) is 15.4. The number of carbonyl (C=O) groups excluding carboxylic acids is 3. The number of aryl methyl sites for hydroxylation is 2. The van der Waals surface area contributed by atoms with Crippen LogP contribution in [0, 0.1) is 17.2 Å².